The Morgan fingerprint density at radius 3 is 3.04 bits per heavy atom. The maximum Gasteiger partial charge on any atom is 0.316 e. The summed E-state index contributed by atoms with van der Waals surface area (Å²) in [5, 5.41) is 1.11. The van der Waals surface area contributed by atoms with Crippen LogP contribution in [0.15, 0.2) is 34.2 Å². The minimum Gasteiger partial charge on any atom is -0.465 e. The molecule has 1 aromatic heterocycles. The highest BCUT2D eigenvalue weighted by molar-refractivity contribution is 7.99. The molecule has 1 saturated heterocycles. The molecule has 0 spiro atoms. The molecule has 0 N–H and O–H groups in total. The number of nitrogens with zero attached hydrogens (tertiary/aromatic N) is 2. The van der Waals surface area contributed by atoms with Gasteiger partial charge in [0.1, 0.15) is 0 Å². The van der Waals surface area contributed by atoms with E-state index in [1.807, 2.05) is 18.2 Å². The summed E-state index contributed by atoms with van der Waals surface area (Å²) in [5.74, 6) is -0.182. The van der Waals surface area contributed by atoms with Crippen LogP contribution in [0.2, 0.25) is 0 Å². The third-order valence-corrected chi connectivity index (χ3v) is 4.81. The summed E-state index contributed by atoms with van der Waals surface area (Å²) in [4.78, 5) is 29.1. The Morgan fingerprint density at radius 1 is 1.46 bits per heavy atom. The van der Waals surface area contributed by atoms with Crippen LogP contribution in [0.5, 0.6) is 0 Å². The van der Waals surface area contributed by atoms with Gasteiger partial charge in [-0.15, -0.1) is 0 Å². The standard InChI is InChI=1S/C17H20N2O4S/c1-2-22-15(20)11-24-17-18-14-8-4-3-7-13(14)16(21)19(17)10-12-6-5-9-23-12/h3-4,7-8,12H,2,5-6,9-11H2,1H3/t12-/m1/s1. The molecule has 24 heavy (non-hydrogen) atoms. The van der Waals surface area contributed by atoms with Gasteiger partial charge in [-0.2, -0.15) is 0 Å². The number of carbonyl (C=O) groups excluding carboxylic acids is 1. The first-order valence-electron chi connectivity index (χ1n) is 8.08. The molecular weight excluding hydrogens is 328 g/mol. The van der Waals surface area contributed by atoms with Crippen LogP contribution in [0.4, 0.5) is 0 Å². The van der Waals surface area contributed by atoms with Crippen LogP contribution in [0.3, 0.4) is 0 Å². The number of hydrogen-bond donors (Lipinski definition) is 0. The van der Waals surface area contributed by atoms with E-state index in [-0.39, 0.29) is 23.4 Å². The number of thioether (sulfide) groups is 1. The fourth-order valence-electron chi connectivity index (χ4n) is 2.74. The first-order valence-corrected chi connectivity index (χ1v) is 9.07. The van der Waals surface area contributed by atoms with E-state index in [2.05, 4.69) is 4.98 Å². The first-order chi connectivity index (χ1) is 11.7. The second kappa shape index (κ2) is 7.81. The van der Waals surface area contributed by atoms with Gasteiger partial charge in [-0.05, 0) is 31.9 Å². The highest BCUT2D eigenvalue weighted by Gasteiger charge is 2.20. The summed E-state index contributed by atoms with van der Waals surface area (Å²) >= 11 is 1.23. The zero-order valence-electron chi connectivity index (χ0n) is 13.6. The van der Waals surface area contributed by atoms with Gasteiger partial charge >= 0.3 is 5.97 Å². The lowest BCUT2D eigenvalue weighted by molar-refractivity contribution is -0.139. The number of hydrogen-bond acceptors (Lipinski definition) is 6. The lowest BCUT2D eigenvalue weighted by atomic mass is 10.2. The Bertz CT molecular complexity index is 784. The van der Waals surface area contributed by atoms with Gasteiger partial charge in [0.05, 0.1) is 35.9 Å². The lowest BCUT2D eigenvalue weighted by Crippen LogP contribution is -2.29. The van der Waals surface area contributed by atoms with Gasteiger partial charge in [0.2, 0.25) is 0 Å². The molecule has 1 aliphatic heterocycles. The third-order valence-electron chi connectivity index (χ3n) is 3.86. The predicted molar refractivity (Wildman–Crippen MR) is 92.3 cm³/mol. The average Bonchev–Trinajstić information content (AvgIpc) is 3.09. The fraction of sp³-hybridized carbons (Fsp3) is 0.471. The van der Waals surface area contributed by atoms with E-state index in [1.165, 1.54) is 11.8 Å². The smallest absolute Gasteiger partial charge is 0.316 e. The number of fused-ring (bicyclic) bond motifs is 1. The molecule has 1 fully saturated rings. The Balaban J connectivity index is 1.94. The maximum atomic E-state index is 12.8. The predicted octanol–water partition coefficient (Wildman–Crippen LogP) is 2.23. The molecule has 0 saturated carbocycles. The minimum atomic E-state index is -0.312. The van der Waals surface area contributed by atoms with Crippen molar-refractivity contribution in [1.29, 1.82) is 0 Å². The summed E-state index contributed by atoms with van der Waals surface area (Å²) in [7, 11) is 0. The molecule has 128 valence electrons. The van der Waals surface area contributed by atoms with Gasteiger partial charge in [0.25, 0.3) is 5.56 Å². The summed E-state index contributed by atoms with van der Waals surface area (Å²) in [6.45, 7) is 3.30. The zero-order chi connectivity index (χ0) is 16.9. The van der Waals surface area contributed by atoms with E-state index in [1.54, 1.807) is 17.6 Å². The highest BCUT2D eigenvalue weighted by atomic mass is 32.2. The molecule has 0 aliphatic carbocycles. The van der Waals surface area contributed by atoms with Gasteiger partial charge in [-0.1, -0.05) is 23.9 Å². The van der Waals surface area contributed by atoms with Gasteiger partial charge < -0.3 is 9.47 Å². The number of aromatic nitrogens is 2. The van der Waals surface area contributed by atoms with E-state index in [4.69, 9.17) is 9.47 Å². The molecule has 6 nitrogen and oxygen atoms in total. The van der Waals surface area contributed by atoms with Gasteiger partial charge in [-0.25, -0.2) is 4.98 Å². The molecule has 0 bridgehead atoms. The van der Waals surface area contributed by atoms with Crippen LogP contribution in [0.1, 0.15) is 19.8 Å². The Morgan fingerprint density at radius 2 is 2.29 bits per heavy atom. The van der Waals surface area contributed by atoms with Crippen molar-refractivity contribution in [2.75, 3.05) is 19.0 Å². The van der Waals surface area contributed by atoms with E-state index >= 15 is 0 Å². The number of para-hydroxylation sites is 1. The largest absolute Gasteiger partial charge is 0.465 e. The third kappa shape index (κ3) is 3.79. The fourth-order valence-corrected chi connectivity index (χ4v) is 3.54. The van der Waals surface area contributed by atoms with E-state index in [0.29, 0.717) is 29.2 Å². The van der Waals surface area contributed by atoms with Gasteiger partial charge in [0.15, 0.2) is 5.16 Å². The van der Waals surface area contributed by atoms with Crippen LogP contribution in [-0.4, -0.2) is 40.6 Å². The van der Waals surface area contributed by atoms with Crippen LogP contribution in [-0.2, 0) is 20.8 Å². The number of benzene rings is 1. The van der Waals surface area contributed by atoms with Crippen molar-refractivity contribution < 1.29 is 14.3 Å². The molecule has 0 amide bonds. The molecule has 0 unspecified atom stereocenters. The highest BCUT2D eigenvalue weighted by Crippen LogP contribution is 2.21. The molecule has 2 aromatic rings. The topological polar surface area (TPSA) is 70.4 Å². The van der Waals surface area contributed by atoms with Crippen molar-refractivity contribution in [3.63, 3.8) is 0 Å². The average molecular weight is 348 g/mol. The molecular formula is C17H20N2O4S. The van der Waals surface area contributed by atoms with Crippen LogP contribution < -0.4 is 5.56 Å². The Hall–Kier alpha value is -1.86. The second-order valence-corrected chi connectivity index (χ2v) is 6.50. The Kier molecular flexibility index (Phi) is 5.52. The molecule has 0 radical (unpaired) electrons. The van der Waals surface area contributed by atoms with Crippen LogP contribution >= 0.6 is 11.8 Å². The van der Waals surface area contributed by atoms with Crippen LogP contribution in [0.25, 0.3) is 10.9 Å². The zero-order valence-corrected chi connectivity index (χ0v) is 14.4. The molecule has 7 heteroatoms. The van der Waals surface area contributed by atoms with Crippen molar-refractivity contribution in [1.82, 2.24) is 9.55 Å². The summed E-state index contributed by atoms with van der Waals surface area (Å²) in [6.07, 6.45) is 1.96. The number of esters is 1. The SMILES string of the molecule is CCOC(=O)CSc1nc2ccccc2c(=O)n1C[C@H]1CCCO1. The molecule has 1 aromatic carbocycles. The summed E-state index contributed by atoms with van der Waals surface area (Å²) in [5.41, 5.74) is 0.542. The van der Waals surface area contributed by atoms with E-state index < -0.39 is 0 Å². The van der Waals surface area contributed by atoms with Crippen LogP contribution in [0, 0.1) is 0 Å². The second-order valence-electron chi connectivity index (χ2n) is 5.56. The van der Waals surface area contributed by atoms with Crippen molar-refractivity contribution in [3.8, 4) is 0 Å². The number of carbonyl (C=O) groups is 1. The van der Waals surface area contributed by atoms with Gasteiger partial charge in [0, 0.05) is 6.61 Å². The maximum absolute atomic E-state index is 12.8. The molecule has 2 heterocycles. The monoisotopic (exact) mass is 348 g/mol. The van der Waals surface area contributed by atoms with Crippen molar-refractivity contribution in [3.05, 3.63) is 34.6 Å². The molecule has 3 rings (SSSR count). The summed E-state index contributed by atoms with van der Waals surface area (Å²) in [6, 6.07) is 7.25. The lowest BCUT2D eigenvalue weighted by Gasteiger charge is -2.16. The first kappa shape index (κ1) is 17.0. The van der Waals surface area contributed by atoms with E-state index in [0.717, 1.165) is 19.4 Å². The van der Waals surface area contributed by atoms with Gasteiger partial charge in [-0.3, -0.25) is 14.2 Å². The minimum absolute atomic E-state index is 0.0209. The number of ether oxygens (including phenoxy) is 2. The summed E-state index contributed by atoms with van der Waals surface area (Å²) < 4.78 is 12.2. The Labute approximate surface area is 144 Å². The quantitative estimate of drug-likeness (QED) is 0.453. The van der Waals surface area contributed by atoms with E-state index in [9.17, 15) is 9.59 Å². The molecule has 1 atom stereocenters. The molecule has 1 aliphatic rings. The normalized spacial score (nSPS) is 17.3. The number of rotatable bonds is 6. The van der Waals surface area contributed by atoms with Crippen molar-refractivity contribution in [2.24, 2.45) is 0 Å². The van der Waals surface area contributed by atoms with Crippen molar-refractivity contribution in [2.45, 2.75) is 37.6 Å². The van der Waals surface area contributed by atoms with Crippen molar-refractivity contribution >= 4 is 28.6 Å².